The molecule has 1 aromatic carbocycles. The highest BCUT2D eigenvalue weighted by molar-refractivity contribution is 9.09. The van der Waals surface area contributed by atoms with Gasteiger partial charge in [0.25, 0.3) is 0 Å². The molecule has 0 bridgehead atoms. The Morgan fingerprint density at radius 2 is 2.12 bits per heavy atom. The molecule has 1 aliphatic carbocycles. The molecule has 0 N–H and O–H groups in total. The van der Waals surface area contributed by atoms with E-state index in [4.69, 9.17) is 32.7 Å². The van der Waals surface area contributed by atoms with Crippen LogP contribution in [0.15, 0.2) is 18.2 Å². The average Bonchev–Trinajstić information content (AvgIpc) is 2.23. The molecule has 1 aromatic rings. The molecule has 2 nitrogen and oxygen atoms in total. The van der Waals surface area contributed by atoms with E-state index in [2.05, 4.69) is 15.9 Å². The Hall–Kier alpha value is 0.0400. The highest BCUT2D eigenvalue weighted by Gasteiger charge is 2.41. The molecule has 0 amide bonds. The molecule has 1 saturated carbocycles. The zero-order valence-electron chi connectivity index (χ0n) is 8.62. The molecule has 0 aromatic heterocycles. The van der Waals surface area contributed by atoms with E-state index in [0.717, 1.165) is 6.42 Å². The third kappa shape index (κ3) is 2.48. The van der Waals surface area contributed by atoms with Gasteiger partial charge in [-0.25, -0.2) is 0 Å². The fourth-order valence-electron chi connectivity index (χ4n) is 1.67. The summed E-state index contributed by atoms with van der Waals surface area (Å²) in [6.45, 7) is 0. The van der Waals surface area contributed by atoms with Crippen molar-refractivity contribution in [3.05, 3.63) is 28.2 Å². The molecule has 0 saturated heterocycles. The molecular formula is C11H11BrCl2O2. The number of halogens is 3. The molecule has 0 heterocycles. The summed E-state index contributed by atoms with van der Waals surface area (Å²) in [4.78, 5) is 0.348. The Labute approximate surface area is 113 Å². The quantitative estimate of drug-likeness (QED) is 0.784. The van der Waals surface area contributed by atoms with Crippen molar-refractivity contribution < 1.29 is 9.47 Å². The summed E-state index contributed by atoms with van der Waals surface area (Å²) in [5.74, 6) is 0.612. The fraction of sp³-hybridized carbons (Fsp3) is 0.455. The zero-order chi connectivity index (χ0) is 11.7. The number of benzene rings is 1. The van der Waals surface area contributed by atoms with Crippen molar-refractivity contribution in [1.82, 2.24) is 0 Å². The van der Waals surface area contributed by atoms with Crippen molar-refractivity contribution in [3.63, 3.8) is 0 Å². The summed E-state index contributed by atoms with van der Waals surface area (Å²) >= 11 is 15.4. The van der Waals surface area contributed by atoms with Crippen LogP contribution >= 0.6 is 39.1 Å². The molecule has 1 aliphatic rings. The summed E-state index contributed by atoms with van der Waals surface area (Å²) in [6.07, 6.45) is 1.00. The minimum Gasteiger partial charge on any atom is -0.486 e. The van der Waals surface area contributed by atoms with E-state index >= 15 is 0 Å². The van der Waals surface area contributed by atoms with Crippen LogP contribution in [-0.2, 0) is 4.74 Å². The summed E-state index contributed by atoms with van der Waals surface area (Å²) < 4.78 is 11.1. The van der Waals surface area contributed by atoms with Crippen LogP contribution in [0.25, 0.3) is 0 Å². The molecule has 16 heavy (non-hydrogen) atoms. The van der Waals surface area contributed by atoms with E-state index in [-0.39, 0.29) is 12.2 Å². The van der Waals surface area contributed by atoms with Crippen LogP contribution in [0.1, 0.15) is 6.42 Å². The average molecular weight is 326 g/mol. The molecule has 0 aliphatic heterocycles. The molecule has 0 spiro atoms. The predicted octanol–water partition coefficient (Wildman–Crippen LogP) is 3.92. The predicted molar refractivity (Wildman–Crippen MR) is 69.0 cm³/mol. The molecular weight excluding hydrogens is 315 g/mol. The highest BCUT2D eigenvalue weighted by Crippen LogP contribution is 2.36. The van der Waals surface area contributed by atoms with E-state index < -0.39 is 0 Å². The Kier molecular flexibility index (Phi) is 4.01. The second-order valence-electron chi connectivity index (χ2n) is 3.68. The number of hydrogen-bond donors (Lipinski definition) is 0. The van der Waals surface area contributed by atoms with Crippen molar-refractivity contribution in [1.29, 1.82) is 0 Å². The van der Waals surface area contributed by atoms with Gasteiger partial charge in [-0.3, -0.25) is 0 Å². The van der Waals surface area contributed by atoms with E-state index in [1.165, 1.54) is 0 Å². The normalized spacial score (nSPS) is 28.6. The zero-order valence-corrected chi connectivity index (χ0v) is 11.7. The SMILES string of the molecule is COC1C(Br)CC1Oc1cc(Cl)ccc1Cl. The van der Waals surface area contributed by atoms with Gasteiger partial charge in [-0.1, -0.05) is 39.1 Å². The number of methoxy groups -OCH3 is 1. The first-order chi connectivity index (χ1) is 7.61. The van der Waals surface area contributed by atoms with Gasteiger partial charge in [-0.05, 0) is 12.1 Å². The van der Waals surface area contributed by atoms with Crippen LogP contribution in [0.3, 0.4) is 0 Å². The number of hydrogen-bond acceptors (Lipinski definition) is 2. The van der Waals surface area contributed by atoms with Gasteiger partial charge in [-0.15, -0.1) is 0 Å². The number of rotatable bonds is 3. The molecule has 3 atom stereocenters. The smallest absolute Gasteiger partial charge is 0.139 e. The second kappa shape index (κ2) is 5.13. The first kappa shape index (κ1) is 12.5. The monoisotopic (exact) mass is 324 g/mol. The molecule has 2 rings (SSSR count). The summed E-state index contributed by atoms with van der Waals surface area (Å²) in [6, 6.07) is 5.18. The lowest BCUT2D eigenvalue weighted by Gasteiger charge is -2.40. The third-order valence-corrected chi connectivity index (χ3v) is 4.07. The van der Waals surface area contributed by atoms with Gasteiger partial charge in [0.05, 0.1) is 5.02 Å². The Bertz CT molecular complexity index is 386. The Balaban J connectivity index is 2.07. The molecule has 88 valence electrons. The topological polar surface area (TPSA) is 18.5 Å². The standard InChI is InChI=1S/C11H11BrCl2O2/c1-15-11-7(12)5-10(11)16-9-4-6(13)2-3-8(9)14/h2-4,7,10-11H,5H2,1H3. The van der Waals surface area contributed by atoms with Crippen molar-refractivity contribution in [2.24, 2.45) is 0 Å². The Morgan fingerprint density at radius 3 is 2.75 bits per heavy atom. The molecule has 0 radical (unpaired) electrons. The Morgan fingerprint density at radius 1 is 1.38 bits per heavy atom. The van der Waals surface area contributed by atoms with Gasteiger partial charge in [0.1, 0.15) is 18.0 Å². The van der Waals surface area contributed by atoms with Crippen molar-refractivity contribution >= 4 is 39.1 Å². The van der Waals surface area contributed by atoms with Crippen LogP contribution in [0, 0.1) is 0 Å². The second-order valence-corrected chi connectivity index (χ2v) is 5.70. The maximum absolute atomic E-state index is 6.01. The van der Waals surface area contributed by atoms with E-state index in [1.54, 1.807) is 25.3 Å². The van der Waals surface area contributed by atoms with Crippen LogP contribution in [0.2, 0.25) is 10.0 Å². The lowest BCUT2D eigenvalue weighted by molar-refractivity contribution is -0.0544. The largest absolute Gasteiger partial charge is 0.486 e. The van der Waals surface area contributed by atoms with Gasteiger partial charge in [0.15, 0.2) is 0 Å². The van der Waals surface area contributed by atoms with Crippen LogP contribution in [-0.4, -0.2) is 24.1 Å². The lowest BCUT2D eigenvalue weighted by atomic mass is 9.91. The molecule has 5 heteroatoms. The van der Waals surface area contributed by atoms with Crippen LogP contribution in [0.5, 0.6) is 5.75 Å². The summed E-state index contributed by atoms with van der Waals surface area (Å²) in [5, 5.41) is 1.18. The van der Waals surface area contributed by atoms with Crippen LogP contribution < -0.4 is 4.74 Å². The minimum atomic E-state index is 0.0327. The first-order valence-electron chi connectivity index (χ1n) is 4.90. The maximum Gasteiger partial charge on any atom is 0.139 e. The van der Waals surface area contributed by atoms with Gasteiger partial charge >= 0.3 is 0 Å². The first-order valence-corrected chi connectivity index (χ1v) is 6.57. The highest BCUT2D eigenvalue weighted by atomic mass is 79.9. The van der Waals surface area contributed by atoms with Crippen molar-refractivity contribution in [2.75, 3.05) is 7.11 Å². The minimum absolute atomic E-state index is 0.0327. The fourth-order valence-corrected chi connectivity index (χ4v) is 2.92. The van der Waals surface area contributed by atoms with Gasteiger partial charge < -0.3 is 9.47 Å². The van der Waals surface area contributed by atoms with Crippen LogP contribution in [0.4, 0.5) is 0 Å². The maximum atomic E-state index is 6.01. The van der Waals surface area contributed by atoms with Crippen molar-refractivity contribution in [2.45, 2.75) is 23.5 Å². The van der Waals surface area contributed by atoms with E-state index in [9.17, 15) is 0 Å². The molecule has 1 fully saturated rings. The number of alkyl halides is 1. The molecule has 3 unspecified atom stereocenters. The number of ether oxygens (including phenoxy) is 2. The van der Waals surface area contributed by atoms with E-state index in [0.29, 0.717) is 20.6 Å². The van der Waals surface area contributed by atoms with Gasteiger partial charge in [-0.2, -0.15) is 0 Å². The summed E-state index contributed by atoms with van der Waals surface area (Å²) in [7, 11) is 1.67. The lowest BCUT2D eigenvalue weighted by Crippen LogP contribution is -2.51. The van der Waals surface area contributed by atoms with Crippen molar-refractivity contribution in [3.8, 4) is 5.75 Å². The van der Waals surface area contributed by atoms with E-state index in [1.807, 2.05) is 0 Å². The van der Waals surface area contributed by atoms with Gasteiger partial charge in [0.2, 0.25) is 0 Å². The summed E-state index contributed by atoms with van der Waals surface area (Å²) in [5.41, 5.74) is 0. The van der Waals surface area contributed by atoms with Gasteiger partial charge in [0, 0.05) is 29.4 Å². The third-order valence-electron chi connectivity index (χ3n) is 2.62.